The van der Waals surface area contributed by atoms with E-state index >= 15 is 0 Å². The smallest absolute Gasteiger partial charge is 0.346 e. The van der Waals surface area contributed by atoms with E-state index in [9.17, 15) is 9.59 Å². The first-order chi connectivity index (χ1) is 11.7. The summed E-state index contributed by atoms with van der Waals surface area (Å²) in [7, 11) is 1.59. The molecule has 1 aromatic carbocycles. The standard InChI is InChI=1S/C18H21N3O3/c1-24-14-8-6-13(7-9-14)15-10-16(21-18(23)20-15)17(22)19-11-12-4-2-3-5-12/h6-10,12H,2-5,11H2,1H3,(H,19,22)(H,20,21,23). The number of ether oxygens (including phenoxy) is 1. The van der Waals surface area contributed by atoms with Crippen LogP contribution >= 0.6 is 0 Å². The zero-order chi connectivity index (χ0) is 16.9. The van der Waals surface area contributed by atoms with Crippen LogP contribution in [0.3, 0.4) is 0 Å². The molecule has 0 saturated heterocycles. The number of H-pyrrole nitrogens is 1. The summed E-state index contributed by atoms with van der Waals surface area (Å²) < 4.78 is 5.12. The Morgan fingerprint density at radius 1 is 1.29 bits per heavy atom. The molecule has 0 spiro atoms. The highest BCUT2D eigenvalue weighted by Gasteiger charge is 2.17. The highest BCUT2D eigenvalue weighted by atomic mass is 16.5. The summed E-state index contributed by atoms with van der Waals surface area (Å²) in [6.07, 6.45) is 4.77. The minimum Gasteiger partial charge on any atom is -0.497 e. The number of nitrogens with zero attached hydrogens (tertiary/aromatic N) is 1. The topological polar surface area (TPSA) is 84.1 Å². The Bertz CT molecular complexity index is 762. The van der Waals surface area contributed by atoms with E-state index < -0.39 is 5.69 Å². The van der Waals surface area contributed by atoms with E-state index in [2.05, 4.69) is 15.3 Å². The van der Waals surface area contributed by atoms with Crippen LogP contribution in [0.2, 0.25) is 0 Å². The number of rotatable bonds is 5. The van der Waals surface area contributed by atoms with E-state index in [4.69, 9.17) is 4.74 Å². The van der Waals surface area contributed by atoms with Crippen LogP contribution in [0.25, 0.3) is 11.3 Å². The highest BCUT2D eigenvalue weighted by Crippen LogP contribution is 2.24. The van der Waals surface area contributed by atoms with E-state index in [0.717, 1.165) is 24.2 Å². The van der Waals surface area contributed by atoms with Gasteiger partial charge < -0.3 is 15.0 Å². The van der Waals surface area contributed by atoms with Gasteiger partial charge in [-0.05, 0) is 49.1 Å². The number of hydrogen-bond donors (Lipinski definition) is 2. The van der Waals surface area contributed by atoms with Gasteiger partial charge in [-0.15, -0.1) is 0 Å². The summed E-state index contributed by atoms with van der Waals surface area (Å²) in [5.41, 5.74) is 0.923. The maximum absolute atomic E-state index is 12.3. The van der Waals surface area contributed by atoms with Crippen molar-refractivity contribution in [1.82, 2.24) is 15.3 Å². The molecule has 1 aromatic heterocycles. The monoisotopic (exact) mass is 327 g/mol. The second-order valence-electron chi connectivity index (χ2n) is 6.07. The third-order valence-electron chi connectivity index (χ3n) is 4.40. The predicted molar refractivity (Wildman–Crippen MR) is 91.1 cm³/mol. The van der Waals surface area contributed by atoms with Gasteiger partial charge in [0.15, 0.2) is 0 Å². The molecule has 24 heavy (non-hydrogen) atoms. The molecular formula is C18H21N3O3. The molecule has 1 fully saturated rings. The zero-order valence-electron chi connectivity index (χ0n) is 13.7. The highest BCUT2D eigenvalue weighted by molar-refractivity contribution is 5.93. The van der Waals surface area contributed by atoms with Gasteiger partial charge in [0.25, 0.3) is 5.91 Å². The van der Waals surface area contributed by atoms with Gasteiger partial charge in [-0.25, -0.2) is 4.79 Å². The van der Waals surface area contributed by atoms with Crippen molar-refractivity contribution in [3.05, 3.63) is 46.5 Å². The molecular weight excluding hydrogens is 306 g/mol. The lowest BCUT2D eigenvalue weighted by atomic mass is 10.1. The summed E-state index contributed by atoms with van der Waals surface area (Å²) >= 11 is 0. The lowest BCUT2D eigenvalue weighted by Gasteiger charge is -2.11. The van der Waals surface area contributed by atoms with E-state index in [-0.39, 0.29) is 11.6 Å². The molecule has 126 valence electrons. The van der Waals surface area contributed by atoms with Crippen LogP contribution in [-0.4, -0.2) is 29.5 Å². The molecule has 0 radical (unpaired) electrons. The van der Waals surface area contributed by atoms with Gasteiger partial charge >= 0.3 is 5.69 Å². The minimum absolute atomic E-state index is 0.235. The third kappa shape index (κ3) is 3.82. The Kier molecular flexibility index (Phi) is 4.93. The number of hydrogen-bond acceptors (Lipinski definition) is 4. The van der Waals surface area contributed by atoms with Crippen LogP contribution in [-0.2, 0) is 0 Å². The number of benzene rings is 1. The van der Waals surface area contributed by atoms with Crippen molar-refractivity contribution < 1.29 is 9.53 Å². The molecule has 2 aromatic rings. The maximum atomic E-state index is 12.3. The molecule has 1 aliphatic rings. The molecule has 0 unspecified atom stereocenters. The molecule has 1 amide bonds. The van der Waals surface area contributed by atoms with E-state index in [1.807, 2.05) is 0 Å². The third-order valence-corrected chi connectivity index (χ3v) is 4.40. The SMILES string of the molecule is COc1ccc(-c2cc(C(=O)NCC3CCCC3)[nH]c(=O)n2)cc1. The van der Waals surface area contributed by atoms with Gasteiger partial charge in [-0.3, -0.25) is 4.79 Å². The first-order valence-corrected chi connectivity index (χ1v) is 8.19. The van der Waals surface area contributed by atoms with Crippen LogP contribution in [0.4, 0.5) is 0 Å². The van der Waals surface area contributed by atoms with E-state index in [1.54, 1.807) is 37.4 Å². The molecule has 6 nitrogen and oxygen atoms in total. The second-order valence-corrected chi connectivity index (χ2v) is 6.07. The van der Waals surface area contributed by atoms with Crippen molar-refractivity contribution in [2.75, 3.05) is 13.7 Å². The fourth-order valence-corrected chi connectivity index (χ4v) is 3.04. The Morgan fingerprint density at radius 2 is 2.00 bits per heavy atom. The normalized spacial score (nSPS) is 14.5. The van der Waals surface area contributed by atoms with Gasteiger partial charge in [-0.1, -0.05) is 12.8 Å². The van der Waals surface area contributed by atoms with Crippen molar-refractivity contribution >= 4 is 5.91 Å². The van der Waals surface area contributed by atoms with E-state index in [1.165, 1.54) is 12.8 Å². The van der Waals surface area contributed by atoms with Gasteiger partial charge in [-0.2, -0.15) is 4.98 Å². The van der Waals surface area contributed by atoms with Crippen molar-refractivity contribution in [1.29, 1.82) is 0 Å². The fourth-order valence-electron chi connectivity index (χ4n) is 3.04. The number of aromatic amines is 1. The van der Waals surface area contributed by atoms with Gasteiger partial charge in [0.1, 0.15) is 11.4 Å². The summed E-state index contributed by atoms with van der Waals surface area (Å²) in [5, 5.41) is 2.91. The lowest BCUT2D eigenvalue weighted by molar-refractivity contribution is 0.0942. The molecule has 0 atom stereocenters. The van der Waals surface area contributed by atoms with Crippen molar-refractivity contribution in [2.24, 2.45) is 5.92 Å². The number of methoxy groups -OCH3 is 1. The Hall–Kier alpha value is -2.63. The first kappa shape index (κ1) is 16.2. The average Bonchev–Trinajstić information content (AvgIpc) is 3.12. The largest absolute Gasteiger partial charge is 0.497 e. The average molecular weight is 327 g/mol. The van der Waals surface area contributed by atoms with Gasteiger partial charge in [0.05, 0.1) is 12.8 Å². The van der Waals surface area contributed by atoms with Crippen LogP contribution in [0.5, 0.6) is 5.75 Å². The first-order valence-electron chi connectivity index (χ1n) is 8.19. The number of amides is 1. The molecule has 2 N–H and O–H groups in total. The van der Waals surface area contributed by atoms with Gasteiger partial charge in [0, 0.05) is 12.1 Å². The molecule has 0 aliphatic heterocycles. The molecule has 1 aliphatic carbocycles. The Balaban J connectivity index is 1.77. The Morgan fingerprint density at radius 3 is 2.67 bits per heavy atom. The van der Waals surface area contributed by atoms with Gasteiger partial charge in [0.2, 0.25) is 0 Å². The van der Waals surface area contributed by atoms with Crippen LogP contribution in [0.15, 0.2) is 35.1 Å². The lowest BCUT2D eigenvalue weighted by Crippen LogP contribution is -2.30. The second kappa shape index (κ2) is 7.29. The number of nitrogens with one attached hydrogen (secondary N) is 2. The minimum atomic E-state index is -0.533. The predicted octanol–water partition coefficient (Wildman–Crippen LogP) is 2.37. The summed E-state index contributed by atoms with van der Waals surface area (Å²) in [6, 6.07) is 8.80. The van der Waals surface area contributed by atoms with Crippen molar-refractivity contribution in [2.45, 2.75) is 25.7 Å². The molecule has 6 heteroatoms. The Labute approximate surface area is 140 Å². The quantitative estimate of drug-likeness (QED) is 0.883. The van der Waals surface area contributed by atoms with Crippen LogP contribution < -0.4 is 15.7 Å². The molecule has 1 saturated carbocycles. The number of carbonyl (C=O) groups excluding carboxylic acids is 1. The molecule has 0 bridgehead atoms. The van der Waals surface area contributed by atoms with Crippen molar-refractivity contribution in [3.63, 3.8) is 0 Å². The summed E-state index contributed by atoms with van der Waals surface area (Å²) in [5.74, 6) is 0.998. The molecule has 1 heterocycles. The summed E-state index contributed by atoms with van der Waals surface area (Å²) in [6.45, 7) is 0.654. The fraction of sp³-hybridized carbons (Fsp3) is 0.389. The van der Waals surface area contributed by atoms with Crippen molar-refractivity contribution in [3.8, 4) is 17.0 Å². The van der Waals surface area contributed by atoms with Crippen LogP contribution in [0.1, 0.15) is 36.2 Å². The van der Waals surface area contributed by atoms with E-state index in [0.29, 0.717) is 18.2 Å². The maximum Gasteiger partial charge on any atom is 0.346 e. The zero-order valence-corrected chi connectivity index (χ0v) is 13.7. The summed E-state index contributed by atoms with van der Waals surface area (Å²) in [4.78, 5) is 30.6. The number of carbonyl (C=O) groups is 1. The molecule has 3 rings (SSSR count). The number of aromatic nitrogens is 2. The van der Waals surface area contributed by atoms with Crippen LogP contribution in [0, 0.1) is 5.92 Å².